The maximum absolute atomic E-state index is 9.89. The van der Waals surface area contributed by atoms with E-state index in [1.165, 1.54) is 0 Å². The number of ether oxygens (including phenoxy) is 2. The van der Waals surface area contributed by atoms with Crippen molar-refractivity contribution in [3.05, 3.63) is 0 Å². The zero-order valence-electron chi connectivity index (χ0n) is 8.38. The molecule has 0 atom stereocenters. The van der Waals surface area contributed by atoms with Gasteiger partial charge in [-0.25, -0.2) is 9.59 Å². The molecule has 0 aromatic heterocycles. The maximum atomic E-state index is 9.89. The summed E-state index contributed by atoms with van der Waals surface area (Å²) in [7, 11) is 0. The van der Waals surface area contributed by atoms with Crippen molar-refractivity contribution in [2.45, 2.75) is 20.8 Å². The zero-order valence-corrected chi connectivity index (χ0v) is 9.89. The highest BCUT2D eigenvalue weighted by Crippen LogP contribution is 1.94. The molecule has 0 amide bonds. The monoisotopic (exact) mass is 244 g/mol. The summed E-state index contributed by atoms with van der Waals surface area (Å²) in [5.41, 5.74) is -1.46. The molecule has 6 heteroatoms. The highest BCUT2D eigenvalue weighted by molar-refractivity contribution is 6.61. The molecule has 0 N–H and O–H groups in total. The molecular weight excluding hydrogens is 231 g/mol. The largest absolute Gasteiger partial charge is 0.454 e. The predicted molar refractivity (Wildman–Crippen MR) is 54.9 cm³/mol. The van der Waals surface area contributed by atoms with Crippen LogP contribution in [0.2, 0.25) is 0 Å². The molecule has 0 rings (SSSR count). The molecule has 84 valence electrons. The fourth-order valence-corrected chi connectivity index (χ4v) is 0.518. The van der Waals surface area contributed by atoms with E-state index >= 15 is 0 Å². The first-order valence-electron chi connectivity index (χ1n) is 4.04. The summed E-state index contributed by atoms with van der Waals surface area (Å²) in [6.07, 6.45) is 0. The number of hydrogen-bond donors (Lipinski definition) is 0. The smallest absolute Gasteiger partial charge is 0.403 e. The number of hydrogen-bond acceptors (Lipinski definition) is 4. The third kappa shape index (κ3) is 22.5. The third-order valence-electron chi connectivity index (χ3n) is 0.788. The van der Waals surface area contributed by atoms with Crippen LogP contribution in [-0.2, 0) is 9.47 Å². The SMILES string of the molecule is CC(C)COC(=O)Cl.CCOC(=O)Cl. The Morgan fingerprint density at radius 3 is 1.64 bits per heavy atom. The number of rotatable bonds is 3. The lowest BCUT2D eigenvalue weighted by Gasteiger charge is -2.00. The Morgan fingerprint density at radius 2 is 1.57 bits per heavy atom. The van der Waals surface area contributed by atoms with Crippen LogP contribution in [-0.4, -0.2) is 24.1 Å². The minimum absolute atomic E-state index is 0.350. The van der Waals surface area contributed by atoms with Crippen molar-refractivity contribution in [3.8, 4) is 0 Å². The van der Waals surface area contributed by atoms with E-state index in [4.69, 9.17) is 23.2 Å². The van der Waals surface area contributed by atoms with Crippen LogP contribution in [0.1, 0.15) is 20.8 Å². The van der Waals surface area contributed by atoms with Gasteiger partial charge in [-0.15, -0.1) is 0 Å². The lowest BCUT2D eigenvalue weighted by atomic mass is 10.2. The van der Waals surface area contributed by atoms with Gasteiger partial charge in [0.25, 0.3) is 0 Å². The van der Waals surface area contributed by atoms with E-state index in [1.807, 2.05) is 13.8 Å². The second kappa shape index (κ2) is 10.6. The average Bonchev–Trinajstić information content (AvgIpc) is 2.01. The Hall–Kier alpha value is -0.480. The van der Waals surface area contributed by atoms with Crippen molar-refractivity contribution < 1.29 is 19.1 Å². The summed E-state index contributed by atoms with van der Waals surface area (Å²) in [5.74, 6) is 0.359. The second-order valence-corrected chi connectivity index (χ2v) is 3.23. The molecule has 14 heavy (non-hydrogen) atoms. The first kappa shape index (κ1) is 16.0. The van der Waals surface area contributed by atoms with Gasteiger partial charge in [0.05, 0.1) is 13.2 Å². The predicted octanol–water partition coefficient (Wildman–Crippen LogP) is 3.40. The number of carbonyl (C=O) groups excluding carboxylic acids is 2. The molecule has 0 spiro atoms. The van der Waals surface area contributed by atoms with Gasteiger partial charge in [0, 0.05) is 23.2 Å². The molecule has 0 unspecified atom stereocenters. The van der Waals surface area contributed by atoms with E-state index in [0.29, 0.717) is 19.1 Å². The van der Waals surface area contributed by atoms with Crippen molar-refractivity contribution in [2.75, 3.05) is 13.2 Å². The van der Waals surface area contributed by atoms with Gasteiger partial charge < -0.3 is 9.47 Å². The van der Waals surface area contributed by atoms with Gasteiger partial charge in [0.15, 0.2) is 0 Å². The summed E-state index contributed by atoms with van der Waals surface area (Å²) in [6.45, 7) is 6.34. The van der Waals surface area contributed by atoms with Gasteiger partial charge in [-0.3, -0.25) is 0 Å². The molecule has 0 saturated carbocycles. The molecule has 0 aliphatic rings. The summed E-state index contributed by atoms with van der Waals surface area (Å²) < 4.78 is 8.60. The number of halogens is 2. The third-order valence-corrected chi connectivity index (χ3v) is 1.01. The zero-order chi connectivity index (χ0) is 11.6. The molecule has 0 aliphatic carbocycles. The first-order chi connectivity index (χ1) is 6.40. The Bertz CT molecular complexity index is 171. The van der Waals surface area contributed by atoms with E-state index in [1.54, 1.807) is 6.92 Å². The second-order valence-electron chi connectivity index (χ2n) is 2.61. The van der Waals surface area contributed by atoms with Crippen LogP contribution in [0.5, 0.6) is 0 Å². The normalized spacial score (nSPS) is 8.71. The molecule has 4 nitrogen and oxygen atoms in total. The lowest BCUT2D eigenvalue weighted by molar-refractivity contribution is 0.159. The van der Waals surface area contributed by atoms with Crippen LogP contribution in [0.25, 0.3) is 0 Å². The topological polar surface area (TPSA) is 52.6 Å². The van der Waals surface area contributed by atoms with Crippen molar-refractivity contribution in [1.82, 2.24) is 0 Å². The minimum Gasteiger partial charge on any atom is -0.454 e. The molecule has 0 aliphatic heterocycles. The van der Waals surface area contributed by atoms with Crippen LogP contribution >= 0.6 is 23.2 Å². The van der Waals surface area contributed by atoms with E-state index in [2.05, 4.69) is 9.47 Å². The van der Waals surface area contributed by atoms with E-state index < -0.39 is 10.9 Å². The van der Waals surface area contributed by atoms with Crippen LogP contribution in [0.15, 0.2) is 0 Å². The summed E-state index contributed by atoms with van der Waals surface area (Å²) in [6, 6.07) is 0. The van der Waals surface area contributed by atoms with Crippen molar-refractivity contribution in [3.63, 3.8) is 0 Å². The van der Waals surface area contributed by atoms with Gasteiger partial charge in [0.1, 0.15) is 0 Å². The first-order valence-corrected chi connectivity index (χ1v) is 4.80. The highest BCUT2D eigenvalue weighted by Gasteiger charge is 1.96. The molecule has 0 aromatic rings. The van der Waals surface area contributed by atoms with E-state index in [-0.39, 0.29) is 0 Å². The molecule has 0 aromatic carbocycles. The Labute approximate surface area is 93.5 Å². The van der Waals surface area contributed by atoms with Gasteiger partial charge in [0.2, 0.25) is 0 Å². The van der Waals surface area contributed by atoms with Gasteiger partial charge in [-0.2, -0.15) is 0 Å². The minimum atomic E-state index is -0.738. The number of carbonyl (C=O) groups is 2. The molecule has 0 bridgehead atoms. The van der Waals surface area contributed by atoms with Crippen molar-refractivity contribution in [2.24, 2.45) is 5.92 Å². The molecule has 0 saturated heterocycles. The Kier molecular flexibility index (Phi) is 12.1. The fraction of sp³-hybridized carbons (Fsp3) is 0.750. The fourth-order valence-electron chi connectivity index (χ4n) is 0.346. The van der Waals surface area contributed by atoms with Gasteiger partial charge in [-0.1, -0.05) is 13.8 Å². The van der Waals surface area contributed by atoms with Crippen molar-refractivity contribution >= 4 is 34.1 Å². The summed E-state index contributed by atoms with van der Waals surface area (Å²) >= 11 is 9.58. The maximum Gasteiger partial charge on any atom is 0.403 e. The quantitative estimate of drug-likeness (QED) is 0.715. The molecule has 0 heterocycles. The lowest BCUT2D eigenvalue weighted by Crippen LogP contribution is -2.02. The van der Waals surface area contributed by atoms with Crippen LogP contribution < -0.4 is 0 Å². The van der Waals surface area contributed by atoms with Crippen molar-refractivity contribution in [1.29, 1.82) is 0 Å². The highest BCUT2D eigenvalue weighted by atomic mass is 35.5. The Balaban J connectivity index is 0. The average molecular weight is 245 g/mol. The summed E-state index contributed by atoms with van der Waals surface area (Å²) in [4.78, 5) is 19.5. The standard InChI is InChI=1S/C5H9ClO2.C3H5ClO2/c1-4(2)3-8-5(6)7;1-2-6-3(4)5/h4H,3H2,1-2H3;2H2,1H3. The van der Waals surface area contributed by atoms with Gasteiger partial charge >= 0.3 is 10.9 Å². The van der Waals surface area contributed by atoms with E-state index in [9.17, 15) is 9.59 Å². The Morgan fingerprint density at radius 1 is 1.14 bits per heavy atom. The van der Waals surface area contributed by atoms with Crippen LogP contribution in [0, 0.1) is 5.92 Å². The molecule has 0 radical (unpaired) electrons. The van der Waals surface area contributed by atoms with Crippen LogP contribution in [0.4, 0.5) is 9.59 Å². The van der Waals surface area contributed by atoms with Crippen LogP contribution in [0.3, 0.4) is 0 Å². The molecular formula is C8H14Cl2O4. The van der Waals surface area contributed by atoms with E-state index in [0.717, 1.165) is 0 Å². The molecule has 0 fully saturated rings. The van der Waals surface area contributed by atoms with Gasteiger partial charge in [-0.05, 0) is 12.8 Å². The summed E-state index contributed by atoms with van der Waals surface area (Å²) in [5, 5.41) is 0.